The summed E-state index contributed by atoms with van der Waals surface area (Å²) in [6.45, 7) is 0. The molecule has 3 heteroatoms. The fraction of sp³-hybridized carbons (Fsp3) is 0. The molecule has 0 spiro atoms. The van der Waals surface area contributed by atoms with Crippen LogP contribution in [0.3, 0.4) is 0 Å². The molecule has 0 amide bonds. The van der Waals surface area contributed by atoms with Crippen LogP contribution in [0.4, 0.5) is 0 Å². The Morgan fingerprint density at radius 1 is 0.225 bits per heavy atom. The highest BCUT2D eigenvalue weighted by Crippen LogP contribution is 2.46. The molecule has 0 radical (unpaired) electrons. The van der Waals surface area contributed by atoms with Crippen molar-refractivity contribution < 1.29 is 8.83 Å². The highest BCUT2D eigenvalue weighted by atomic mass is 28.3. The first-order chi connectivity index (χ1) is 35.2. The zero-order valence-electron chi connectivity index (χ0n) is 38.7. The van der Waals surface area contributed by atoms with E-state index in [9.17, 15) is 0 Å². The second-order valence-corrected chi connectivity index (χ2v) is 22.4. The van der Waals surface area contributed by atoms with Crippen LogP contribution in [0.5, 0.6) is 0 Å². The lowest BCUT2D eigenvalue weighted by Gasteiger charge is -2.34. The van der Waals surface area contributed by atoms with E-state index >= 15 is 0 Å². The van der Waals surface area contributed by atoms with Crippen LogP contribution in [0.15, 0.2) is 276 Å². The maximum Gasteiger partial charge on any atom is 0.179 e. The smallest absolute Gasteiger partial charge is 0.179 e. The monoisotopic (exact) mass is 920 g/mol. The Morgan fingerprint density at radius 2 is 0.493 bits per heavy atom. The van der Waals surface area contributed by atoms with Crippen molar-refractivity contribution in [2.75, 3.05) is 0 Å². The van der Waals surface area contributed by atoms with Crippen LogP contribution >= 0.6 is 0 Å². The molecule has 0 aliphatic rings. The van der Waals surface area contributed by atoms with Crippen molar-refractivity contribution >= 4 is 93.8 Å². The molecule has 2 nitrogen and oxygen atoms in total. The van der Waals surface area contributed by atoms with Gasteiger partial charge in [0.25, 0.3) is 0 Å². The van der Waals surface area contributed by atoms with Crippen LogP contribution in [-0.2, 0) is 0 Å². The van der Waals surface area contributed by atoms with Crippen LogP contribution < -0.4 is 20.7 Å². The van der Waals surface area contributed by atoms with Gasteiger partial charge in [-0.25, -0.2) is 0 Å². The number of benzene rings is 12. The zero-order chi connectivity index (χ0) is 46.9. The van der Waals surface area contributed by atoms with Gasteiger partial charge in [-0.15, -0.1) is 0 Å². The summed E-state index contributed by atoms with van der Waals surface area (Å²) in [6, 6.07) is 97.8. The molecule has 0 aliphatic heterocycles. The summed E-state index contributed by atoms with van der Waals surface area (Å²) in [5, 5.41) is 17.0. The Morgan fingerprint density at radius 3 is 0.817 bits per heavy atom. The van der Waals surface area contributed by atoms with Crippen LogP contribution in [-0.4, -0.2) is 8.07 Å². The third kappa shape index (κ3) is 6.48. The second kappa shape index (κ2) is 16.6. The van der Waals surface area contributed by atoms with Crippen molar-refractivity contribution in [3.05, 3.63) is 267 Å². The quantitative estimate of drug-likeness (QED) is 0.0862. The van der Waals surface area contributed by atoms with Gasteiger partial charge in [-0.3, -0.25) is 0 Å². The largest absolute Gasteiger partial charge is 0.456 e. The molecule has 0 fully saturated rings. The van der Waals surface area contributed by atoms with Gasteiger partial charge in [0.15, 0.2) is 8.07 Å². The molecule has 2 heterocycles. The summed E-state index contributed by atoms with van der Waals surface area (Å²) in [5.41, 5.74) is 8.85. The molecule has 0 saturated carbocycles. The fourth-order valence-electron chi connectivity index (χ4n) is 11.8. The van der Waals surface area contributed by atoms with E-state index in [2.05, 4.69) is 243 Å². The predicted molar refractivity (Wildman–Crippen MR) is 301 cm³/mol. The van der Waals surface area contributed by atoms with Crippen LogP contribution in [0.2, 0.25) is 0 Å². The molecular weight excluding hydrogens is 877 g/mol. The standard InChI is InChI=1S/C68H44O2Si/c1-3-21-49(22-4-1)71(50-23-5-2-6-24-50,51-39-35-45(36-40-51)65-53-25-9-13-29-57(53)67(58-30-14-10-26-54(58)65)63-43-47-19-7-17-33-61(47)69-63)52-41-37-46(38-42-52)66-55-27-11-15-31-59(55)68(60-32-16-12-28-56(60)66)64-44-48-20-8-18-34-62(48)70-64/h1-44H. The van der Waals surface area contributed by atoms with E-state index in [0.29, 0.717) is 0 Å². The van der Waals surface area contributed by atoms with Crippen LogP contribution in [0.25, 0.3) is 110 Å². The Balaban J connectivity index is 0.951. The maximum absolute atomic E-state index is 6.60. The number of furan rings is 2. The molecule has 0 bridgehead atoms. The normalized spacial score (nSPS) is 11.9. The van der Waals surface area contributed by atoms with Gasteiger partial charge in [-0.1, -0.05) is 243 Å². The molecule has 14 aromatic rings. The minimum atomic E-state index is -2.93. The average Bonchev–Trinajstić information content (AvgIpc) is 4.08. The minimum Gasteiger partial charge on any atom is -0.456 e. The van der Waals surface area contributed by atoms with Gasteiger partial charge in [-0.2, -0.15) is 0 Å². The summed E-state index contributed by atoms with van der Waals surface area (Å²) < 4.78 is 13.2. The first kappa shape index (κ1) is 41.0. The van der Waals surface area contributed by atoms with Crippen molar-refractivity contribution in [1.29, 1.82) is 0 Å². The minimum absolute atomic E-state index is 0.883. The highest BCUT2D eigenvalue weighted by Gasteiger charge is 2.41. The van der Waals surface area contributed by atoms with E-state index < -0.39 is 8.07 Å². The lowest BCUT2D eigenvalue weighted by molar-refractivity contribution is 0.632. The van der Waals surface area contributed by atoms with Crippen molar-refractivity contribution in [3.63, 3.8) is 0 Å². The number of fused-ring (bicyclic) bond motifs is 6. The molecule has 0 aliphatic carbocycles. The average molecular weight is 921 g/mol. The summed E-state index contributed by atoms with van der Waals surface area (Å²) >= 11 is 0. The number of para-hydroxylation sites is 2. The third-order valence-corrected chi connectivity index (χ3v) is 19.6. The highest BCUT2D eigenvalue weighted by molar-refractivity contribution is 7.19. The predicted octanol–water partition coefficient (Wildman–Crippen LogP) is 15.8. The molecule has 0 unspecified atom stereocenters. The van der Waals surface area contributed by atoms with Crippen LogP contribution in [0, 0.1) is 0 Å². The van der Waals surface area contributed by atoms with Crippen molar-refractivity contribution in [2.24, 2.45) is 0 Å². The second-order valence-electron chi connectivity index (χ2n) is 18.6. The van der Waals surface area contributed by atoms with E-state index in [-0.39, 0.29) is 0 Å². The lowest BCUT2D eigenvalue weighted by Crippen LogP contribution is -2.74. The Labute approximate surface area is 412 Å². The first-order valence-corrected chi connectivity index (χ1v) is 26.4. The van der Waals surface area contributed by atoms with Gasteiger partial charge in [0.1, 0.15) is 22.7 Å². The molecular formula is C68H44O2Si. The summed E-state index contributed by atoms with van der Waals surface area (Å²) in [4.78, 5) is 0. The number of hydrogen-bond acceptors (Lipinski definition) is 2. The topological polar surface area (TPSA) is 26.3 Å². The first-order valence-electron chi connectivity index (χ1n) is 24.4. The summed E-state index contributed by atoms with van der Waals surface area (Å²) in [5.74, 6) is 1.77. The van der Waals surface area contributed by atoms with E-state index in [1.807, 2.05) is 24.3 Å². The molecule has 0 N–H and O–H groups in total. The van der Waals surface area contributed by atoms with Crippen molar-refractivity contribution in [3.8, 4) is 44.9 Å². The number of rotatable bonds is 8. The fourth-order valence-corrected chi connectivity index (χ4v) is 16.5. The maximum atomic E-state index is 6.60. The van der Waals surface area contributed by atoms with E-state index in [1.165, 1.54) is 86.1 Å². The summed E-state index contributed by atoms with van der Waals surface area (Å²) in [6.07, 6.45) is 0. The van der Waals surface area contributed by atoms with Gasteiger partial charge >= 0.3 is 0 Å². The third-order valence-electron chi connectivity index (χ3n) is 14.8. The Bertz CT molecular complexity index is 3860. The summed E-state index contributed by atoms with van der Waals surface area (Å²) in [7, 11) is -2.93. The molecule has 0 atom stereocenters. The Kier molecular flexibility index (Phi) is 9.58. The lowest BCUT2D eigenvalue weighted by atomic mass is 9.87. The van der Waals surface area contributed by atoms with Gasteiger partial charge in [0.05, 0.1) is 0 Å². The Hall–Kier alpha value is -9.02. The molecule has 71 heavy (non-hydrogen) atoms. The zero-order valence-corrected chi connectivity index (χ0v) is 39.7. The van der Waals surface area contributed by atoms with E-state index in [0.717, 1.165) is 44.6 Å². The molecule has 12 aromatic carbocycles. The van der Waals surface area contributed by atoms with Gasteiger partial charge < -0.3 is 8.83 Å². The molecule has 332 valence electrons. The SMILES string of the molecule is c1ccc([Si](c2ccccc2)(c2ccc(-c3c4ccccc4c(-c4cc5ccccc5o4)c4ccccc34)cc2)c2ccc(-c3c4ccccc4c(-c4cc5ccccc5o4)c4ccccc34)cc2)cc1. The van der Waals surface area contributed by atoms with Gasteiger partial charge in [-0.05, 0) is 110 Å². The molecule has 14 rings (SSSR count). The van der Waals surface area contributed by atoms with E-state index in [4.69, 9.17) is 8.83 Å². The van der Waals surface area contributed by atoms with Crippen molar-refractivity contribution in [2.45, 2.75) is 0 Å². The van der Waals surface area contributed by atoms with Crippen LogP contribution in [0.1, 0.15) is 0 Å². The van der Waals surface area contributed by atoms with Crippen molar-refractivity contribution in [1.82, 2.24) is 0 Å². The molecule has 2 aromatic heterocycles. The van der Waals surface area contributed by atoms with E-state index in [1.54, 1.807) is 0 Å². The number of hydrogen-bond donors (Lipinski definition) is 0. The van der Waals surface area contributed by atoms with Gasteiger partial charge in [0.2, 0.25) is 0 Å². The van der Waals surface area contributed by atoms with Gasteiger partial charge in [0, 0.05) is 21.9 Å². The molecule has 0 saturated heterocycles.